The van der Waals surface area contributed by atoms with Crippen LogP contribution in [0.4, 0.5) is 8.78 Å². The summed E-state index contributed by atoms with van der Waals surface area (Å²) in [7, 11) is 0. The van der Waals surface area contributed by atoms with Crippen LogP contribution in [0.5, 0.6) is 5.75 Å². The molecule has 3 nitrogen and oxygen atoms in total. The quantitative estimate of drug-likeness (QED) is 0.735. The van der Waals surface area contributed by atoms with E-state index in [0.717, 1.165) is 54.7 Å². The van der Waals surface area contributed by atoms with E-state index in [1.165, 1.54) is 36.7 Å². The maximum Gasteiger partial charge on any atom is 0.261 e. The predicted molar refractivity (Wildman–Crippen MR) is 103 cm³/mol. The Morgan fingerprint density at radius 2 is 1.79 bits per heavy atom. The Hall–Kier alpha value is -1.95. The molecular weight excluding hydrogens is 380 g/mol. The third-order valence-electron chi connectivity index (χ3n) is 6.58. The van der Waals surface area contributed by atoms with Gasteiger partial charge in [-0.2, -0.15) is 0 Å². The van der Waals surface area contributed by atoms with Crippen molar-refractivity contribution >= 4 is 17.2 Å². The molecule has 1 N–H and O–H groups in total. The molecule has 0 saturated heterocycles. The summed E-state index contributed by atoms with van der Waals surface area (Å²) in [6.07, 6.45) is 7.39. The average molecular weight is 403 g/mol. The first-order valence-electron chi connectivity index (χ1n) is 9.96. The lowest BCUT2D eigenvalue weighted by Crippen LogP contribution is -2.59. The van der Waals surface area contributed by atoms with Crippen LogP contribution in [0.3, 0.4) is 0 Å². The molecule has 0 spiro atoms. The van der Waals surface area contributed by atoms with Crippen LogP contribution in [0.1, 0.15) is 53.8 Å². The van der Waals surface area contributed by atoms with E-state index in [1.807, 2.05) is 11.4 Å². The van der Waals surface area contributed by atoms with Crippen LogP contribution in [-0.4, -0.2) is 11.4 Å². The summed E-state index contributed by atoms with van der Waals surface area (Å²) in [4.78, 5) is 13.5. The van der Waals surface area contributed by atoms with Gasteiger partial charge in [0.1, 0.15) is 12.4 Å². The molecule has 4 aliphatic rings. The zero-order valence-corrected chi connectivity index (χ0v) is 16.4. The van der Waals surface area contributed by atoms with Gasteiger partial charge in [-0.3, -0.25) is 4.79 Å². The van der Waals surface area contributed by atoms with Crippen LogP contribution < -0.4 is 10.1 Å². The van der Waals surface area contributed by atoms with Crippen molar-refractivity contribution in [2.24, 2.45) is 17.8 Å². The molecule has 6 heteroatoms. The molecule has 4 aliphatic carbocycles. The number of carbonyl (C=O) groups excluding carboxylic acids is 1. The fraction of sp³-hybridized carbons (Fsp3) is 0.500. The van der Waals surface area contributed by atoms with E-state index in [2.05, 4.69) is 5.32 Å². The van der Waals surface area contributed by atoms with Gasteiger partial charge in [0.2, 0.25) is 0 Å². The smallest absolute Gasteiger partial charge is 0.261 e. The lowest BCUT2D eigenvalue weighted by atomic mass is 9.53. The van der Waals surface area contributed by atoms with Crippen LogP contribution in [0.2, 0.25) is 0 Å². The Kier molecular flexibility index (Phi) is 4.42. The molecule has 1 aromatic heterocycles. The van der Waals surface area contributed by atoms with Crippen LogP contribution in [0, 0.1) is 29.4 Å². The molecule has 6 rings (SSSR count). The van der Waals surface area contributed by atoms with Crippen molar-refractivity contribution in [2.75, 3.05) is 0 Å². The first-order valence-corrected chi connectivity index (χ1v) is 10.8. The fourth-order valence-electron chi connectivity index (χ4n) is 5.89. The molecule has 0 radical (unpaired) electrons. The van der Waals surface area contributed by atoms with Crippen molar-refractivity contribution in [1.29, 1.82) is 0 Å². The number of nitrogens with one attached hydrogen (secondary N) is 1. The van der Waals surface area contributed by atoms with Crippen LogP contribution >= 0.6 is 11.3 Å². The van der Waals surface area contributed by atoms with Crippen LogP contribution in [0.25, 0.3) is 0 Å². The zero-order valence-electron chi connectivity index (χ0n) is 15.5. The number of thiophene rings is 1. The van der Waals surface area contributed by atoms with E-state index in [-0.39, 0.29) is 23.8 Å². The van der Waals surface area contributed by atoms with E-state index in [9.17, 15) is 13.6 Å². The third kappa shape index (κ3) is 3.43. The van der Waals surface area contributed by atoms with Gasteiger partial charge in [-0.15, -0.1) is 11.3 Å². The normalized spacial score (nSPS) is 30.4. The summed E-state index contributed by atoms with van der Waals surface area (Å²) in [5, 5.41) is 5.23. The number of ether oxygens (including phenoxy) is 1. The maximum atomic E-state index is 13.7. The number of hydrogen-bond donors (Lipinski definition) is 1. The molecule has 1 heterocycles. The predicted octanol–water partition coefficient (Wildman–Crippen LogP) is 5.30. The summed E-state index contributed by atoms with van der Waals surface area (Å²) in [5.74, 6) is 0.982. The Bertz CT molecular complexity index is 874. The molecule has 1 aromatic carbocycles. The summed E-state index contributed by atoms with van der Waals surface area (Å²) < 4.78 is 32.1. The van der Waals surface area contributed by atoms with Crippen molar-refractivity contribution in [2.45, 2.75) is 50.7 Å². The number of benzene rings is 1. The number of hydrogen-bond acceptors (Lipinski definition) is 3. The Morgan fingerprint density at radius 3 is 2.43 bits per heavy atom. The van der Waals surface area contributed by atoms with Gasteiger partial charge in [0.05, 0.1) is 4.88 Å². The minimum atomic E-state index is -0.727. The third-order valence-corrected chi connectivity index (χ3v) is 7.56. The van der Waals surface area contributed by atoms with Gasteiger partial charge in [0.25, 0.3) is 5.91 Å². The highest BCUT2D eigenvalue weighted by molar-refractivity contribution is 7.12. The van der Waals surface area contributed by atoms with Gasteiger partial charge in [-0.05, 0) is 79.9 Å². The van der Waals surface area contributed by atoms with Crippen LogP contribution in [-0.2, 0) is 6.61 Å². The maximum absolute atomic E-state index is 13.7. The van der Waals surface area contributed by atoms with Gasteiger partial charge in [0.15, 0.2) is 11.6 Å². The van der Waals surface area contributed by atoms with Gasteiger partial charge >= 0.3 is 0 Å². The topological polar surface area (TPSA) is 38.3 Å². The number of amides is 1. The van der Waals surface area contributed by atoms with Crippen molar-refractivity contribution in [3.8, 4) is 5.75 Å². The largest absolute Gasteiger partial charge is 0.486 e. The Balaban J connectivity index is 1.23. The Labute approximate surface area is 167 Å². The lowest BCUT2D eigenvalue weighted by Gasteiger charge is -2.56. The molecule has 1 amide bonds. The zero-order chi connectivity index (χ0) is 19.3. The number of rotatable bonds is 5. The first kappa shape index (κ1) is 18.1. The number of halogens is 2. The molecule has 0 aliphatic heterocycles. The molecular formula is C22H23F2NO2S. The monoisotopic (exact) mass is 403 g/mol. The van der Waals surface area contributed by atoms with Gasteiger partial charge in [-0.1, -0.05) is 0 Å². The summed E-state index contributed by atoms with van der Waals surface area (Å²) in [6, 6.07) is 5.04. The second-order valence-corrected chi connectivity index (χ2v) is 9.75. The molecule has 2 aromatic rings. The molecule has 4 fully saturated rings. The second kappa shape index (κ2) is 6.83. The van der Waals surface area contributed by atoms with E-state index in [4.69, 9.17) is 4.74 Å². The SMILES string of the molecule is O=C(NC12CC3CC(CC(C3)C1)C2)c1cc(COc2ccc(F)cc2F)cs1. The standard InChI is InChI=1S/C22H23F2NO2S/c23-17-1-2-19(18(24)7-17)27-11-16-6-20(28-12-16)21(26)25-22-8-13-3-14(9-22)5-15(4-13)10-22/h1-2,6-7,12-15H,3-5,8-11H2,(H,25,26). The minimum absolute atomic E-state index is 0.00664. The Morgan fingerprint density at radius 1 is 1.11 bits per heavy atom. The van der Waals surface area contributed by atoms with E-state index in [0.29, 0.717) is 4.88 Å². The second-order valence-electron chi connectivity index (χ2n) is 8.83. The average Bonchev–Trinajstić information content (AvgIpc) is 3.08. The van der Waals surface area contributed by atoms with E-state index < -0.39 is 11.6 Å². The molecule has 4 bridgehead atoms. The minimum Gasteiger partial charge on any atom is -0.486 e. The lowest BCUT2D eigenvalue weighted by molar-refractivity contribution is -0.0166. The molecule has 28 heavy (non-hydrogen) atoms. The summed E-state index contributed by atoms with van der Waals surface area (Å²) in [5.41, 5.74) is 0.799. The van der Waals surface area contributed by atoms with Gasteiger partial charge < -0.3 is 10.1 Å². The van der Waals surface area contributed by atoms with Crippen molar-refractivity contribution in [1.82, 2.24) is 5.32 Å². The van der Waals surface area contributed by atoms with Crippen molar-refractivity contribution in [3.05, 3.63) is 51.7 Å². The van der Waals surface area contributed by atoms with E-state index >= 15 is 0 Å². The molecule has 4 saturated carbocycles. The summed E-state index contributed by atoms with van der Waals surface area (Å²) in [6.45, 7) is 0.143. The highest BCUT2D eigenvalue weighted by Gasteiger charge is 2.51. The van der Waals surface area contributed by atoms with Crippen molar-refractivity contribution in [3.63, 3.8) is 0 Å². The first-order chi connectivity index (χ1) is 13.5. The van der Waals surface area contributed by atoms with Crippen molar-refractivity contribution < 1.29 is 18.3 Å². The summed E-state index contributed by atoms with van der Waals surface area (Å²) >= 11 is 1.38. The molecule has 0 unspecified atom stereocenters. The van der Waals surface area contributed by atoms with Crippen LogP contribution in [0.15, 0.2) is 29.6 Å². The van der Waals surface area contributed by atoms with Gasteiger partial charge in [0, 0.05) is 17.2 Å². The van der Waals surface area contributed by atoms with E-state index in [1.54, 1.807) is 0 Å². The highest BCUT2D eigenvalue weighted by Crippen LogP contribution is 2.55. The molecule has 0 atom stereocenters. The fourth-order valence-corrected chi connectivity index (χ4v) is 6.68. The van der Waals surface area contributed by atoms with Gasteiger partial charge in [-0.25, -0.2) is 8.78 Å². The number of carbonyl (C=O) groups is 1. The highest BCUT2D eigenvalue weighted by atomic mass is 32.1. The molecule has 148 valence electrons.